The molecule has 0 amide bonds. The van der Waals surface area contributed by atoms with Gasteiger partial charge >= 0.3 is 0 Å². The Kier molecular flexibility index (Phi) is 5.40. The van der Waals surface area contributed by atoms with Crippen LogP contribution in [0.5, 0.6) is 0 Å². The topological polar surface area (TPSA) is 3.24 Å². The van der Waals surface area contributed by atoms with Gasteiger partial charge in [0.25, 0.3) is 0 Å². The van der Waals surface area contributed by atoms with Crippen LogP contribution in [0.25, 0.3) is 22.3 Å². The zero-order valence-corrected chi connectivity index (χ0v) is 21.8. The summed E-state index contributed by atoms with van der Waals surface area (Å²) in [6, 6.07) is 27.2. The highest BCUT2D eigenvalue weighted by molar-refractivity contribution is 5.86. The van der Waals surface area contributed by atoms with Gasteiger partial charge in [0.05, 0.1) is 0 Å². The Morgan fingerprint density at radius 3 is 2.03 bits per heavy atom. The highest BCUT2D eigenvalue weighted by Gasteiger charge is 2.37. The third-order valence-corrected chi connectivity index (χ3v) is 7.48. The molecule has 0 saturated heterocycles. The molecule has 4 aromatic carbocycles. The molecular weight excluding hydrogens is 429 g/mol. The number of benzene rings is 4. The highest BCUT2D eigenvalue weighted by atomic mass is 19.1. The van der Waals surface area contributed by atoms with Crippen molar-refractivity contribution in [3.63, 3.8) is 0 Å². The molecule has 178 valence electrons. The molecule has 0 atom stereocenters. The van der Waals surface area contributed by atoms with Gasteiger partial charge in [-0.05, 0) is 91.8 Å². The molecule has 1 aliphatic carbocycles. The SMILES string of the molecule is Cc1cc2c(cc1N(c1cc(-c3ccccc3)cc(F)c1C)C(C)(C)C)-c1ccccc1C2(C)C. The summed E-state index contributed by atoms with van der Waals surface area (Å²) in [6.07, 6.45) is 0. The number of hydrogen-bond acceptors (Lipinski definition) is 1. The molecule has 0 spiro atoms. The predicted molar refractivity (Wildman–Crippen MR) is 147 cm³/mol. The number of hydrogen-bond donors (Lipinski definition) is 0. The van der Waals surface area contributed by atoms with Crippen LogP contribution in [0.15, 0.2) is 78.9 Å². The van der Waals surface area contributed by atoms with Gasteiger partial charge in [-0.25, -0.2) is 4.39 Å². The van der Waals surface area contributed by atoms with Crippen LogP contribution in [0.4, 0.5) is 15.8 Å². The maximum absolute atomic E-state index is 15.4. The van der Waals surface area contributed by atoms with Crippen molar-refractivity contribution in [3.05, 3.63) is 107 Å². The average Bonchev–Trinajstić information content (AvgIpc) is 3.03. The quantitative estimate of drug-likeness (QED) is 0.292. The Labute approximate surface area is 209 Å². The Hall–Kier alpha value is -3.39. The van der Waals surface area contributed by atoms with Crippen LogP contribution in [-0.2, 0) is 5.41 Å². The number of aryl methyl sites for hydroxylation is 1. The summed E-state index contributed by atoms with van der Waals surface area (Å²) in [5.41, 5.74) is 10.8. The van der Waals surface area contributed by atoms with Crippen LogP contribution < -0.4 is 4.90 Å². The molecule has 0 radical (unpaired) electrons. The highest BCUT2D eigenvalue weighted by Crippen LogP contribution is 2.51. The minimum Gasteiger partial charge on any atom is -0.336 e. The molecule has 1 aliphatic rings. The third kappa shape index (κ3) is 3.76. The van der Waals surface area contributed by atoms with Crippen LogP contribution in [-0.4, -0.2) is 5.54 Å². The fourth-order valence-electron chi connectivity index (χ4n) is 5.63. The Bertz CT molecular complexity index is 1420. The molecule has 0 aromatic heterocycles. The smallest absolute Gasteiger partial charge is 0.128 e. The molecule has 0 fully saturated rings. The molecule has 0 aliphatic heterocycles. The number of anilines is 2. The van der Waals surface area contributed by atoms with E-state index in [2.05, 4.69) is 88.9 Å². The van der Waals surface area contributed by atoms with Gasteiger partial charge in [-0.15, -0.1) is 0 Å². The van der Waals surface area contributed by atoms with Gasteiger partial charge in [0, 0.05) is 27.9 Å². The number of halogens is 1. The normalized spacial score (nSPS) is 13.9. The number of fused-ring (bicyclic) bond motifs is 3. The molecule has 5 rings (SSSR count). The second kappa shape index (κ2) is 8.09. The lowest BCUT2D eigenvalue weighted by Gasteiger charge is -2.40. The molecule has 4 aromatic rings. The van der Waals surface area contributed by atoms with Crippen molar-refractivity contribution in [3.8, 4) is 22.3 Å². The Morgan fingerprint density at radius 1 is 0.686 bits per heavy atom. The molecule has 0 bridgehead atoms. The van der Waals surface area contributed by atoms with Gasteiger partial charge in [-0.1, -0.05) is 74.5 Å². The van der Waals surface area contributed by atoms with E-state index >= 15 is 4.39 Å². The summed E-state index contributed by atoms with van der Waals surface area (Å²) in [7, 11) is 0. The fourth-order valence-corrected chi connectivity index (χ4v) is 5.63. The largest absolute Gasteiger partial charge is 0.336 e. The van der Waals surface area contributed by atoms with E-state index in [9.17, 15) is 0 Å². The summed E-state index contributed by atoms with van der Waals surface area (Å²) >= 11 is 0. The van der Waals surface area contributed by atoms with Gasteiger partial charge in [-0.3, -0.25) is 0 Å². The maximum atomic E-state index is 15.4. The van der Waals surface area contributed by atoms with Crippen molar-refractivity contribution in [1.82, 2.24) is 0 Å². The van der Waals surface area contributed by atoms with Crippen LogP contribution in [0.3, 0.4) is 0 Å². The van der Waals surface area contributed by atoms with Crippen molar-refractivity contribution in [2.45, 2.75) is 59.4 Å². The second-order valence-corrected chi connectivity index (χ2v) is 11.3. The maximum Gasteiger partial charge on any atom is 0.128 e. The van der Waals surface area contributed by atoms with Gasteiger partial charge in [0.2, 0.25) is 0 Å². The van der Waals surface area contributed by atoms with Crippen molar-refractivity contribution in [1.29, 1.82) is 0 Å². The molecule has 0 heterocycles. The Balaban J connectivity index is 1.76. The number of nitrogens with zero attached hydrogens (tertiary/aromatic N) is 1. The number of rotatable bonds is 3. The summed E-state index contributed by atoms with van der Waals surface area (Å²) < 4.78 is 15.4. The van der Waals surface area contributed by atoms with Crippen molar-refractivity contribution >= 4 is 11.4 Å². The zero-order valence-electron chi connectivity index (χ0n) is 21.8. The van der Waals surface area contributed by atoms with Crippen molar-refractivity contribution in [2.75, 3.05) is 4.90 Å². The standard InChI is InChI=1S/C33H34FN/c1-21-17-28-26(25-15-11-12-16-27(25)33(28,6)7)20-30(21)35(32(3,4)5)31-19-24(18-29(34)22(31)2)23-13-9-8-10-14-23/h8-20H,1-7H3. The summed E-state index contributed by atoms with van der Waals surface area (Å²) in [4.78, 5) is 2.32. The van der Waals surface area contributed by atoms with Gasteiger partial charge in [-0.2, -0.15) is 0 Å². The third-order valence-electron chi connectivity index (χ3n) is 7.48. The first-order valence-corrected chi connectivity index (χ1v) is 12.4. The van der Waals surface area contributed by atoms with E-state index in [1.807, 2.05) is 37.3 Å². The van der Waals surface area contributed by atoms with E-state index in [1.54, 1.807) is 6.07 Å². The van der Waals surface area contributed by atoms with Gasteiger partial charge in [0.1, 0.15) is 5.82 Å². The molecular formula is C33H34FN. The predicted octanol–water partition coefficient (Wildman–Crippen LogP) is 9.35. The molecule has 35 heavy (non-hydrogen) atoms. The Morgan fingerprint density at radius 2 is 1.34 bits per heavy atom. The first-order valence-electron chi connectivity index (χ1n) is 12.4. The average molecular weight is 464 g/mol. The summed E-state index contributed by atoms with van der Waals surface area (Å²) in [5.74, 6) is -0.180. The van der Waals surface area contributed by atoms with Crippen molar-refractivity contribution < 1.29 is 4.39 Å². The van der Waals surface area contributed by atoms with E-state index < -0.39 is 0 Å². The van der Waals surface area contributed by atoms with E-state index in [0.717, 1.165) is 22.5 Å². The van der Waals surface area contributed by atoms with E-state index in [0.29, 0.717) is 5.56 Å². The lowest BCUT2D eigenvalue weighted by molar-refractivity contribution is 0.554. The molecule has 2 heteroatoms. The van der Waals surface area contributed by atoms with E-state index in [-0.39, 0.29) is 16.8 Å². The zero-order chi connectivity index (χ0) is 25.1. The minimum absolute atomic E-state index is 0.0446. The van der Waals surface area contributed by atoms with Gasteiger partial charge in [0.15, 0.2) is 0 Å². The minimum atomic E-state index is -0.265. The van der Waals surface area contributed by atoms with Crippen molar-refractivity contribution in [2.24, 2.45) is 0 Å². The first-order chi connectivity index (χ1) is 16.5. The lowest BCUT2D eigenvalue weighted by atomic mass is 9.82. The van der Waals surface area contributed by atoms with Crippen LogP contribution in [0.2, 0.25) is 0 Å². The van der Waals surface area contributed by atoms with E-state index in [1.165, 1.54) is 27.8 Å². The molecule has 0 saturated carbocycles. The lowest BCUT2D eigenvalue weighted by Crippen LogP contribution is -2.38. The van der Waals surface area contributed by atoms with E-state index in [4.69, 9.17) is 0 Å². The summed E-state index contributed by atoms with van der Waals surface area (Å²) in [5, 5.41) is 0. The fraction of sp³-hybridized carbons (Fsp3) is 0.273. The summed E-state index contributed by atoms with van der Waals surface area (Å²) in [6.45, 7) is 15.3. The first kappa shape index (κ1) is 23.4. The van der Waals surface area contributed by atoms with Crippen LogP contribution >= 0.6 is 0 Å². The van der Waals surface area contributed by atoms with Crippen LogP contribution in [0, 0.1) is 19.7 Å². The molecule has 1 nitrogen and oxygen atoms in total. The monoisotopic (exact) mass is 463 g/mol. The van der Waals surface area contributed by atoms with Gasteiger partial charge < -0.3 is 4.90 Å². The van der Waals surface area contributed by atoms with Crippen LogP contribution in [0.1, 0.15) is 56.9 Å². The second-order valence-electron chi connectivity index (χ2n) is 11.3. The molecule has 0 unspecified atom stereocenters. The molecule has 0 N–H and O–H groups in total.